The third kappa shape index (κ3) is 29.9. The van der Waals surface area contributed by atoms with Gasteiger partial charge in [-0.15, -0.1) is 0 Å². The van der Waals surface area contributed by atoms with Gasteiger partial charge in [-0.3, -0.25) is 67.3 Å². The Kier molecular flexibility index (Phi) is 35.6. The molecule has 0 fully saturated rings. The topological polar surface area (TPSA) is 495 Å². The highest BCUT2D eigenvalue weighted by Gasteiger charge is 2.50. The number of pyridine rings is 2. The molecule has 35 heteroatoms. The van der Waals surface area contributed by atoms with E-state index in [-0.39, 0.29) is 60.2 Å². The Morgan fingerprint density at radius 1 is 0.353 bits per heavy atom. The number of hydrogen-bond acceptors (Lipinski definition) is 22. The van der Waals surface area contributed by atoms with Crippen molar-refractivity contribution in [3.63, 3.8) is 0 Å². The Morgan fingerprint density at radius 2 is 0.639 bits per heavy atom. The Balaban J connectivity index is 1.30. The summed E-state index contributed by atoms with van der Waals surface area (Å²) in [5.41, 5.74) is -5.82. The summed E-state index contributed by atoms with van der Waals surface area (Å²) in [6.07, 6.45) is -7.67. The first kappa shape index (κ1) is 104. The fraction of sp³-hybridized carbons (Fsp3) is 0.388. The van der Waals surface area contributed by atoms with E-state index in [1.54, 1.807) is 163 Å². The predicted molar refractivity (Wildman–Crippen MR) is 494 cm³/mol. The molecular formula is C98H116N10O24S. The number of Topliss-reactive ketones (excluding diaryl/α,β-unsaturated/α-hetero) is 2. The minimum Gasteiger partial charge on any atom is -0.481 e. The summed E-state index contributed by atoms with van der Waals surface area (Å²) >= 11 is 0. The summed E-state index contributed by atoms with van der Waals surface area (Å²) in [5, 5.41) is 55.4. The van der Waals surface area contributed by atoms with Gasteiger partial charge in [-0.05, 0) is 118 Å². The fourth-order valence-electron chi connectivity index (χ4n) is 14.6. The first-order valence-electron chi connectivity index (χ1n) is 43.0. The number of sulfone groups is 1. The number of anilines is 2. The summed E-state index contributed by atoms with van der Waals surface area (Å²) in [6, 6.07) is 34.0. The average Bonchev–Trinajstić information content (AvgIpc) is 0.741. The van der Waals surface area contributed by atoms with Crippen molar-refractivity contribution in [3.8, 4) is 11.5 Å². The molecule has 0 aliphatic carbocycles. The maximum absolute atomic E-state index is 17.2. The van der Waals surface area contributed by atoms with Gasteiger partial charge in [0.25, 0.3) is 21.7 Å². The molecule has 34 nitrogen and oxygen atoms in total. The minimum atomic E-state index is -6.01. The van der Waals surface area contributed by atoms with Crippen molar-refractivity contribution in [2.24, 2.45) is 33.5 Å². The van der Waals surface area contributed by atoms with Crippen LogP contribution in [-0.4, -0.2) is 170 Å². The van der Waals surface area contributed by atoms with E-state index in [1.165, 1.54) is 142 Å². The fourth-order valence-corrected chi connectivity index (χ4v) is 16.6. The Bertz CT molecular complexity index is 5420. The van der Waals surface area contributed by atoms with Gasteiger partial charge in [0.15, 0.2) is 11.6 Å². The zero-order valence-corrected chi connectivity index (χ0v) is 77.9. The van der Waals surface area contributed by atoms with Crippen LogP contribution < -0.4 is 51.2 Å². The summed E-state index contributed by atoms with van der Waals surface area (Å²) in [7, 11) is -6.01. The lowest BCUT2D eigenvalue weighted by molar-refractivity contribution is -0.141. The minimum absolute atomic E-state index is 0.247. The van der Waals surface area contributed by atoms with Crippen molar-refractivity contribution < 1.29 is 115 Å². The van der Waals surface area contributed by atoms with Crippen molar-refractivity contribution in [3.05, 3.63) is 227 Å². The lowest BCUT2D eigenvalue weighted by atomic mass is 9.81. The van der Waals surface area contributed by atoms with E-state index in [2.05, 4.69) is 31.9 Å². The number of carboxylic acid groups (broad SMARTS) is 4. The van der Waals surface area contributed by atoms with Crippen LogP contribution in [0.4, 0.5) is 21.2 Å². The molecule has 8 aromatic rings. The van der Waals surface area contributed by atoms with Crippen LogP contribution in [0.5, 0.6) is 11.5 Å². The number of amides is 8. The first-order valence-corrected chi connectivity index (χ1v) is 44.5. The van der Waals surface area contributed by atoms with Crippen LogP contribution in [0.15, 0.2) is 215 Å². The number of ether oxygens (including phenoxy) is 4. The second-order valence-electron chi connectivity index (χ2n) is 37.1. The van der Waals surface area contributed by atoms with E-state index in [4.69, 9.17) is 28.9 Å². The number of para-hydroxylation sites is 4. The van der Waals surface area contributed by atoms with Gasteiger partial charge in [0, 0.05) is 10.8 Å². The number of hydrogen-bond donors (Lipinski definition) is 10. The summed E-state index contributed by atoms with van der Waals surface area (Å²) in [4.78, 5) is 217. The number of aromatic nitrogens is 2. The standard InChI is InChI=1S/C98H116N10O24S/c1-57(2)81(107(73-47-45-61-37-29-31-43-65(61)99-73)89(123)71(53-95(5,6)7)103-85(119)69(51-77(113)114)105-93(125)129-55-59-33-21-17-22-34-59)87(121)101-67(49-75(109)110)83(117)79(97(11,12)13)91(131-63-39-25-19-26-40-63)133(127,128)92(132-64-41-27-20-28-42-64)80(98(14,15)16)84(118)68(50-76(111)112)102-88(122)82(58(3)4)108(74-48-46-62-38-30-32-44-66(62)100-74)90(124)72(54-96(8,9)10)104-86(120)70(52-78(115)116)106-94(126)130-56-60-35-23-18-24-36-60/h17-48,57-58,67-72,81-82H,49-56H2,1-16H3,(H,101,121)(H,102,122)(H,103,119)(H,104,120)(H,105,125)(H,106,126)(H,109,110)(H,111,112)(H,113,114)(H,115,116)/t67-,68-,69-,70-,71-,72-,81-,82-/m0/s1. The quantitative estimate of drug-likeness (QED) is 0.0125. The highest BCUT2D eigenvalue weighted by atomic mass is 32.2. The van der Waals surface area contributed by atoms with Crippen LogP contribution >= 0.6 is 0 Å². The van der Waals surface area contributed by atoms with Crippen LogP contribution in [-0.2, 0) is 90.1 Å². The highest BCUT2D eigenvalue weighted by Crippen LogP contribution is 2.42. The second kappa shape index (κ2) is 45.5. The number of nitrogens with one attached hydrogen (secondary N) is 6. The molecule has 8 rings (SSSR count). The van der Waals surface area contributed by atoms with Gasteiger partial charge in [-0.25, -0.2) is 28.0 Å². The number of benzene rings is 6. The molecule has 708 valence electrons. The summed E-state index contributed by atoms with van der Waals surface area (Å²) < 4.78 is 58.0. The van der Waals surface area contributed by atoms with Crippen LogP contribution in [0.2, 0.25) is 0 Å². The smallest absolute Gasteiger partial charge is 0.408 e. The summed E-state index contributed by atoms with van der Waals surface area (Å²) in [6.45, 7) is 23.6. The first-order chi connectivity index (χ1) is 62.3. The monoisotopic (exact) mass is 1850 g/mol. The second-order valence-corrected chi connectivity index (χ2v) is 38.8. The molecule has 0 spiro atoms. The van der Waals surface area contributed by atoms with Crippen molar-refractivity contribution in [1.82, 2.24) is 41.9 Å². The molecule has 0 bridgehead atoms. The molecule has 8 amide bonds. The molecule has 0 saturated carbocycles. The number of carbonyl (C=O) groups excluding carboxylic acids is 10. The number of nitrogens with zero attached hydrogens (tertiary/aromatic N) is 4. The molecule has 10 N–H and O–H groups in total. The zero-order chi connectivity index (χ0) is 98.4. The number of ketones is 2. The number of carbonyl (C=O) groups is 14. The summed E-state index contributed by atoms with van der Waals surface area (Å²) in [5.74, 6) is -20.0. The van der Waals surface area contributed by atoms with Crippen LogP contribution in [0.1, 0.15) is 160 Å². The van der Waals surface area contributed by atoms with E-state index < -0.39 is 222 Å². The molecule has 6 aromatic carbocycles. The van der Waals surface area contributed by atoms with Crippen LogP contribution in [0.25, 0.3) is 21.8 Å². The zero-order valence-electron chi connectivity index (χ0n) is 77.1. The third-order valence-corrected chi connectivity index (χ3v) is 22.1. The normalized spacial score (nSPS) is 14.1. The SMILES string of the molecule is CC(C)[C@@H](C(=O)N[C@@H](CC(=O)O)C(=O)C(=C(Oc1ccccc1)S(=O)(=O)C(Oc1ccccc1)=C(C(=O)[C@H](CC(=O)O)NC(=O)[C@H](C(C)C)N(C(=O)[C@H](CC(C)(C)C)NC(=O)[C@H](CC(=O)O)NC(=O)OCc1ccccc1)c1ccc2ccccc2n1)C(C)(C)C)C(C)(C)C)N(C(=O)[C@H](CC(C)(C)C)NC(=O)[C@H](CC(=O)O)NC(=O)OCc1ccccc1)c1ccc2ccccc2n1. The molecular weight excluding hydrogens is 1730 g/mol. The van der Waals surface area contributed by atoms with Crippen molar-refractivity contribution in [1.29, 1.82) is 0 Å². The Labute approximate surface area is 771 Å². The van der Waals surface area contributed by atoms with Gasteiger partial charge in [-0.1, -0.05) is 244 Å². The van der Waals surface area contributed by atoms with E-state index in [9.17, 15) is 58.8 Å². The molecule has 0 saturated heterocycles. The molecule has 0 radical (unpaired) electrons. The number of carboxylic acids is 4. The molecule has 2 aromatic heterocycles. The van der Waals surface area contributed by atoms with Gasteiger partial charge in [0.05, 0.1) is 47.9 Å². The van der Waals surface area contributed by atoms with Crippen LogP contribution in [0, 0.1) is 33.5 Å². The molecule has 2 heterocycles. The van der Waals surface area contributed by atoms with E-state index in [1.807, 2.05) is 0 Å². The predicted octanol–water partition coefficient (Wildman–Crippen LogP) is 12.7. The van der Waals surface area contributed by atoms with Crippen LogP contribution in [0.3, 0.4) is 0 Å². The van der Waals surface area contributed by atoms with Crippen molar-refractivity contribution in [2.45, 2.75) is 211 Å². The molecule has 133 heavy (non-hydrogen) atoms. The van der Waals surface area contributed by atoms with Gasteiger partial charge < -0.3 is 71.3 Å². The molecule has 0 aliphatic heterocycles. The Morgan fingerprint density at radius 3 is 0.932 bits per heavy atom. The number of rotatable bonds is 42. The number of fused-ring (bicyclic) bond motifs is 2. The highest BCUT2D eigenvalue weighted by molar-refractivity contribution is 7.98. The lowest BCUT2D eigenvalue weighted by Gasteiger charge is -2.38. The van der Waals surface area contributed by atoms with Gasteiger partial charge in [-0.2, -0.15) is 0 Å². The number of alkyl carbamates (subject to hydrolysis) is 2. The molecule has 0 aliphatic rings. The van der Waals surface area contributed by atoms with Crippen molar-refractivity contribution in [2.75, 3.05) is 9.80 Å². The Hall–Kier alpha value is -14.3. The van der Waals surface area contributed by atoms with Gasteiger partial charge in [0.2, 0.25) is 33.8 Å². The van der Waals surface area contributed by atoms with Gasteiger partial charge in [0.1, 0.15) is 84.7 Å². The lowest BCUT2D eigenvalue weighted by Crippen LogP contribution is -2.61. The largest absolute Gasteiger partial charge is 0.481 e. The van der Waals surface area contributed by atoms with Gasteiger partial charge >= 0.3 is 36.1 Å². The maximum Gasteiger partial charge on any atom is 0.408 e. The maximum atomic E-state index is 17.2. The number of aliphatic carboxylic acids is 4. The molecule has 0 unspecified atom stereocenters. The van der Waals surface area contributed by atoms with E-state index >= 15 is 37.2 Å². The van der Waals surface area contributed by atoms with E-state index in [0.717, 1.165) is 9.80 Å². The van der Waals surface area contributed by atoms with Crippen molar-refractivity contribution >= 4 is 126 Å². The average molecular weight is 1850 g/mol. The van der Waals surface area contributed by atoms with E-state index in [0.29, 0.717) is 21.9 Å². The third-order valence-electron chi connectivity index (χ3n) is 20.6. The molecule has 8 atom stereocenters.